The van der Waals surface area contributed by atoms with Crippen molar-refractivity contribution in [3.63, 3.8) is 0 Å². The Kier molecular flexibility index (Phi) is 10.2. The lowest BCUT2D eigenvalue weighted by molar-refractivity contribution is 0.198. The number of benzene rings is 1. The summed E-state index contributed by atoms with van der Waals surface area (Å²) < 4.78 is 5.12. The van der Waals surface area contributed by atoms with E-state index in [2.05, 4.69) is 43.4 Å². The molecule has 0 spiro atoms. The van der Waals surface area contributed by atoms with Crippen LogP contribution in [0.2, 0.25) is 0 Å². The zero-order chi connectivity index (χ0) is 15.3. The van der Waals surface area contributed by atoms with Crippen LogP contribution in [0, 0.1) is 6.92 Å². The maximum Gasteiger partial charge on any atom is 0.0587 e. The number of nitrogens with one attached hydrogen (secondary N) is 1. The lowest BCUT2D eigenvalue weighted by Gasteiger charge is -2.20. The number of unbranched alkanes of at least 4 members (excludes halogenated alkanes) is 4. The fourth-order valence-electron chi connectivity index (χ4n) is 2.86. The number of hydrogen-bond donors (Lipinski definition) is 1. The number of rotatable bonds is 12. The maximum atomic E-state index is 5.12. The lowest BCUT2D eigenvalue weighted by atomic mass is 9.90. The van der Waals surface area contributed by atoms with E-state index in [1.807, 2.05) is 0 Å². The Morgan fingerprint density at radius 1 is 1.10 bits per heavy atom. The number of hydrogen-bond acceptors (Lipinski definition) is 2. The molecule has 1 unspecified atom stereocenters. The fraction of sp³-hybridized carbons (Fsp3) is 0.684. The van der Waals surface area contributed by atoms with Gasteiger partial charge in [0.1, 0.15) is 0 Å². The average molecular weight is 291 g/mol. The highest BCUT2D eigenvalue weighted by Crippen LogP contribution is 2.25. The summed E-state index contributed by atoms with van der Waals surface area (Å²) >= 11 is 0. The van der Waals surface area contributed by atoms with Gasteiger partial charge in [0.05, 0.1) is 6.61 Å². The molecule has 0 radical (unpaired) electrons. The molecule has 1 aromatic rings. The largest absolute Gasteiger partial charge is 0.383 e. The van der Waals surface area contributed by atoms with E-state index in [-0.39, 0.29) is 0 Å². The molecule has 2 nitrogen and oxygen atoms in total. The van der Waals surface area contributed by atoms with Crippen molar-refractivity contribution in [1.82, 2.24) is 5.32 Å². The summed E-state index contributed by atoms with van der Waals surface area (Å²) in [5.41, 5.74) is 2.93. The van der Waals surface area contributed by atoms with Gasteiger partial charge in [0.25, 0.3) is 0 Å². The Morgan fingerprint density at radius 2 is 1.86 bits per heavy atom. The van der Waals surface area contributed by atoms with Crippen LogP contribution in [0.5, 0.6) is 0 Å². The van der Waals surface area contributed by atoms with Crippen LogP contribution in [0.3, 0.4) is 0 Å². The molecule has 0 aliphatic heterocycles. The van der Waals surface area contributed by atoms with Crippen LogP contribution in [0.25, 0.3) is 0 Å². The minimum absolute atomic E-state index is 0.629. The summed E-state index contributed by atoms with van der Waals surface area (Å²) in [4.78, 5) is 0. The predicted octanol–water partition coefficient (Wildman–Crippen LogP) is 4.68. The molecule has 0 aromatic heterocycles. The summed E-state index contributed by atoms with van der Waals surface area (Å²) in [7, 11) is 1.76. The second-order valence-electron chi connectivity index (χ2n) is 5.95. The molecule has 2 heteroatoms. The zero-order valence-electron chi connectivity index (χ0n) is 14.2. The van der Waals surface area contributed by atoms with Gasteiger partial charge in [0.15, 0.2) is 0 Å². The van der Waals surface area contributed by atoms with Gasteiger partial charge in [-0.15, -0.1) is 0 Å². The van der Waals surface area contributed by atoms with Crippen LogP contribution in [-0.2, 0) is 4.74 Å². The van der Waals surface area contributed by atoms with Gasteiger partial charge in [-0.25, -0.2) is 0 Å². The van der Waals surface area contributed by atoms with Crippen LogP contribution in [-0.4, -0.2) is 26.8 Å². The van der Waals surface area contributed by atoms with Crippen molar-refractivity contribution in [3.8, 4) is 0 Å². The van der Waals surface area contributed by atoms with Gasteiger partial charge in [-0.1, -0.05) is 63.3 Å². The van der Waals surface area contributed by atoms with Crippen molar-refractivity contribution in [1.29, 1.82) is 0 Å². The minimum Gasteiger partial charge on any atom is -0.383 e. The quantitative estimate of drug-likeness (QED) is 0.565. The normalized spacial score (nSPS) is 12.5. The molecule has 0 saturated carbocycles. The van der Waals surface area contributed by atoms with Crippen molar-refractivity contribution >= 4 is 0 Å². The molecule has 21 heavy (non-hydrogen) atoms. The van der Waals surface area contributed by atoms with Crippen molar-refractivity contribution in [2.24, 2.45) is 0 Å². The second kappa shape index (κ2) is 11.8. The third-order valence-electron chi connectivity index (χ3n) is 4.16. The Bertz CT molecular complexity index is 364. The molecule has 0 fully saturated rings. The van der Waals surface area contributed by atoms with Gasteiger partial charge in [0.2, 0.25) is 0 Å². The molecule has 0 bridgehead atoms. The van der Waals surface area contributed by atoms with Crippen LogP contribution in [0.4, 0.5) is 0 Å². The summed E-state index contributed by atoms with van der Waals surface area (Å²) in [6, 6.07) is 8.83. The molecule has 1 aromatic carbocycles. The predicted molar refractivity (Wildman–Crippen MR) is 92.0 cm³/mol. The third-order valence-corrected chi connectivity index (χ3v) is 4.16. The first-order chi connectivity index (χ1) is 10.3. The first kappa shape index (κ1) is 18.2. The van der Waals surface area contributed by atoms with E-state index >= 15 is 0 Å². The highest BCUT2D eigenvalue weighted by atomic mass is 16.5. The van der Waals surface area contributed by atoms with E-state index in [0.717, 1.165) is 19.7 Å². The molecule has 1 atom stereocenters. The third kappa shape index (κ3) is 7.63. The highest BCUT2D eigenvalue weighted by Gasteiger charge is 2.12. The SMILES string of the molecule is CCCCCCCC(CNCCOC)c1ccccc1C. The van der Waals surface area contributed by atoms with E-state index in [1.54, 1.807) is 7.11 Å². The molecule has 1 N–H and O–H groups in total. The van der Waals surface area contributed by atoms with Crippen LogP contribution < -0.4 is 5.32 Å². The standard InChI is InChI=1S/C19H33NO/c1-4-5-6-7-8-12-18(16-20-14-15-21-3)19-13-10-9-11-17(19)2/h9-11,13,18,20H,4-8,12,14-16H2,1-3H3. The number of ether oxygens (including phenoxy) is 1. The average Bonchev–Trinajstić information content (AvgIpc) is 2.50. The van der Waals surface area contributed by atoms with E-state index < -0.39 is 0 Å². The van der Waals surface area contributed by atoms with E-state index in [4.69, 9.17) is 4.74 Å². The van der Waals surface area contributed by atoms with Gasteiger partial charge < -0.3 is 10.1 Å². The van der Waals surface area contributed by atoms with E-state index in [1.165, 1.54) is 49.7 Å². The summed E-state index contributed by atoms with van der Waals surface area (Å²) in [5, 5.41) is 3.54. The van der Waals surface area contributed by atoms with Gasteiger partial charge in [-0.05, 0) is 30.4 Å². The lowest BCUT2D eigenvalue weighted by Crippen LogP contribution is -2.25. The van der Waals surface area contributed by atoms with Gasteiger partial charge >= 0.3 is 0 Å². The smallest absolute Gasteiger partial charge is 0.0587 e. The Labute approximate surface area is 131 Å². The maximum absolute atomic E-state index is 5.12. The number of aryl methyl sites for hydroxylation is 1. The molecule has 0 aliphatic carbocycles. The Hall–Kier alpha value is -0.860. The van der Waals surface area contributed by atoms with E-state index in [9.17, 15) is 0 Å². The minimum atomic E-state index is 0.629. The van der Waals surface area contributed by atoms with Crippen LogP contribution >= 0.6 is 0 Å². The van der Waals surface area contributed by atoms with Crippen LogP contribution in [0.1, 0.15) is 62.5 Å². The molecule has 0 saturated heterocycles. The monoisotopic (exact) mass is 291 g/mol. The van der Waals surface area contributed by atoms with Crippen molar-refractivity contribution < 1.29 is 4.74 Å². The summed E-state index contributed by atoms with van der Waals surface area (Å²) in [6.45, 7) is 7.29. The fourth-order valence-corrected chi connectivity index (χ4v) is 2.86. The van der Waals surface area contributed by atoms with E-state index in [0.29, 0.717) is 5.92 Å². The highest BCUT2D eigenvalue weighted by molar-refractivity contribution is 5.29. The summed E-state index contributed by atoms with van der Waals surface area (Å²) in [6.07, 6.45) is 8.07. The van der Waals surface area contributed by atoms with Gasteiger partial charge in [0, 0.05) is 20.2 Å². The Morgan fingerprint density at radius 3 is 2.57 bits per heavy atom. The molecule has 0 heterocycles. The Balaban J connectivity index is 2.47. The first-order valence-electron chi connectivity index (χ1n) is 8.54. The zero-order valence-corrected chi connectivity index (χ0v) is 14.2. The molecular weight excluding hydrogens is 258 g/mol. The van der Waals surface area contributed by atoms with Gasteiger partial charge in [-0.3, -0.25) is 0 Å². The number of methoxy groups -OCH3 is 1. The van der Waals surface area contributed by atoms with Crippen molar-refractivity contribution in [2.45, 2.75) is 58.3 Å². The van der Waals surface area contributed by atoms with Crippen molar-refractivity contribution in [3.05, 3.63) is 35.4 Å². The molecule has 0 amide bonds. The second-order valence-corrected chi connectivity index (χ2v) is 5.95. The molecule has 120 valence electrons. The summed E-state index contributed by atoms with van der Waals surface area (Å²) in [5.74, 6) is 0.629. The van der Waals surface area contributed by atoms with Gasteiger partial charge in [-0.2, -0.15) is 0 Å². The van der Waals surface area contributed by atoms with Crippen molar-refractivity contribution in [2.75, 3.05) is 26.8 Å². The molecule has 0 aliphatic rings. The van der Waals surface area contributed by atoms with Crippen LogP contribution in [0.15, 0.2) is 24.3 Å². The first-order valence-corrected chi connectivity index (χ1v) is 8.54. The molecule has 1 rings (SSSR count). The topological polar surface area (TPSA) is 21.3 Å². The molecular formula is C19H33NO.